The van der Waals surface area contributed by atoms with E-state index in [0.29, 0.717) is 24.4 Å². The number of ether oxygens (including phenoxy) is 1. The van der Waals surface area contributed by atoms with Crippen molar-refractivity contribution < 1.29 is 9.53 Å². The Morgan fingerprint density at radius 3 is 2.76 bits per heavy atom. The zero-order valence-corrected chi connectivity index (χ0v) is 15.1. The monoisotopic (exact) mass is 360 g/mol. The Hall–Kier alpha value is -2.04. The van der Waals surface area contributed by atoms with Gasteiger partial charge in [-0.15, -0.1) is 12.4 Å². The van der Waals surface area contributed by atoms with Gasteiger partial charge < -0.3 is 15.8 Å². The van der Waals surface area contributed by atoms with E-state index >= 15 is 0 Å². The normalized spacial score (nSPS) is 15.8. The molecule has 3 N–H and O–H groups in total. The summed E-state index contributed by atoms with van der Waals surface area (Å²) in [5.41, 5.74) is 9.57. The lowest BCUT2D eigenvalue weighted by molar-refractivity contribution is 0.0393. The summed E-state index contributed by atoms with van der Waals surface area (Å²) >= 11 is 0. The van der Waals surface area contributed by atoms with E-state index in [4.69, 9.17) is 10.5 Å². The molecule has 0 heterocycles. The second-order valence-corrected chi connectivity index (χ2v) is 6.15. The van der Waals surface area contributed by atoms with Gasteiger partial charge in [0.2, 0.25) is 0 Å². The molecule has 0 saturated heterocycles. The molecule has 1 atom stereocenters. The summed E-state index contributed by atoms with van der Waals surface area (Å²) in [5.74, 6) is -0.129. The molecule has 3 rings (SSSR count). The Kier molecular flexibility index (Phi) is 7.29. The largest absolute Gasteiger partial charge is 0.398 e. The molecule has 2 aromatic rings. The highest BCUT2D eigenvalue weighted by molar-refractivity contribution is 5.99. The number of amides is 1. The summed E-state index contributed by atoms with van der Waals surface area (Å²) in [6.07, 6.45) is 4.37. The molecular weight excluding hydrogens is 336 g/mol. The van der Waals surface area contributed by atoms with Crippen molar-refractivity contribution >= 4 is 24.0 Å². The highest BCUT2D eigenvalue weighted by Crippen LogP contribution is 2.32. The second-order valence-electron chi connectivity index (χ2n) is 6.15. The van der Waals surface area contributed by atoms with Gasteiger partial charge in [0.15, 0.2) is 0 Å². The van der Waals surface area contributed by atoms with Crippen LogP contribution < -0.4 is 11.1 Å². The van der Waals surface area contributed by atoms with Gasteiger partial charge in [-0.05, 0) is 48.9 Å². The first-order valence-corrected chi connectivity index (χ1v) is 8.58. The van der Waals surface area contributed by atoms with Gasteiger partial charge in [0.1, 0.15) is 0 Å². The van der Waals surface area contributed by atoms with Crippen LogP contribution in [0.2, 0.25) is 0 Å². The minimum absolute atomic E-state index is 0. The maximum atomic E-state index is 12.1. The molecular formula is C20H25ClN2O2. The van der Waals surface area contributed by atoms with Crippen molar-refractivity contribution in [3.8, 4) is 0 Å². The third-order valence-corrected chi connectivity index (χ3v) is 4.45. The van der Waals surface area contributed by atoms with Crippen LogP contribution in [0.5, 0.6) is 0 Å². The molecule has 0 fully saturated rings. The van der Waals surface area contributed by atoms with Gasteiger partial charge in [-0.25, -0.2) is 0 Å². The number of fused-ring (bicyclic) bond motifs is 1. The van der Waals surface area contributed by atoms with E-state index in [2.05, 4.69) is 29.6 Å². The molecule has 0 saturated carbocycles. The molecule has 5 heteroatoms. The molecule has 0 aliphatic heterocycles. The van der Waals surface area contributed by atoms with Crippen LogP contribution in [0, 0.1) is 0 Å². The zero-order chi connectivity index (χ0) is 16.8. The molecule has 1 unspecified atom stereocenters. The van der Waals surface area contributed by atoms with Crippen molar-refractivity contribution in [1.82, 2.24) is 5.32 Å². The highest BCUT2D eigenvalue weighted by Gasteiger charge is 2.19. The molecule has 2 aromatic carbocycles. The van der Waals surface area contributed by atoms with E-state index < -0.39 is 0 Å². The lowest BCUT2D eigenvalue weighted by atomic mass is 9.89. The first-order chi connectivity index (χ1) is 11.8. The number of hydrogen-bond donors (Lipinski definition) is 2. The fourth-order valence-corrected chi connectivity index (χ4v) is 3.18. The topological polar surface area (TPSA) is 64.4 Å². The molecule has 0 aromatic heterocycles. The van der Waals surface area contributed by atoms with Gasteiger partial charge in [0.25, 0.3) is 5.91 Å². The lowest BCUT2D eigenvalue weighted by Gasteiger charge is -2.25. The van der Waals surface area contributed by atoms with Crippen molar-refractivity contribution in [1.29, 1.82) is 0 Å². The number of nitrogen functional groups attached to an aromatic ring is 1. The van der Waals surface area contributed by atoms with Crippen LogP contribution in [0.1, 0.15) is 46.9 Å². The van der Waals surface area contributed by atoms with Crippen molar-refractivity contribution in [3.63, 3.8) is 0 Å². The number of benzene rings is 2. The van der Waals surface area contributed by atoms with Gasteiger partial charge in [-0.1, -0.05) is 36.4 Å². The van der Waals surface area contributed by atoms with Gasteiger partial charge in [0, 0.05) is 18.8 Å². The first-order valence-electron chi connectivity index (χ1n) is 8.58. The maximum Gasteiger partial charge on any atom is 0.253 e. The molecule has 0 radical (unpaired) electrons. The summed E-state index contributed by atoms with van der Waals surface area (Å²) in [5, 5.41) is 2.90. The van der Waals surface area contributed by atoms with Gasteiger partial charge in [-0.3, -0.25) is 4.79 Å². The third-order valence-electron chi connectivity index (χ3n) is 4.45. The minimum Gasteiger partial charge on any atom is -0.398 e. The number of carbonyl (C=O) groups is 1. The Morgan fingerprint density at radius 2 is 1.92 bits per heavy atom. The van der Waals surface area contributed by atoms with Crippen LogP contribution in [0.3, 0.4) is 0 Å². The van der Waals surface area contributed by atoms with Crippen LogP contribution in [0.4, 0.5) is 5.69 Å². The Morgan fingerprint density at radius 1 is 1.16 bits per heavy atom. The van der Waals surface area contributed by atoms with E-state index in [1.807, 2.05) is 12.1 Å². The van der Waals surface area contributed by atoms with Gasteiger partial charge in [-0.2, -0.15) is 0 Å². The van der Waals surface area contributed by atoms with E-state index in [9.17, 15) is 4.79 Å². The number of rotatable bonds is 6. The van der Waals surface area contributed by atoms with Crippen molar-refractivity contribution in [2.24, 2.45) is 0 Å². The fourth-order valence-electron chi connectivity index (χ4n) is 3.18. The minimum atomic E-state index is -0.129. The molecule has 134 valence electrons. The number of hydrogen-bond acceptors (Lipinski definition) is 3. The quantitative estimate of drug-likeness (QED) is 0.606. The predicted molar refractivity (Wildman–Crippen MR) is 103 cm³/mol. The smallest absolute Gasteiger partial charge is 0.253 e. The summed E-state index contributed by atoms with van der Waals surface area (Å²) in [7, 11) is 0. The Labute approximate surface area is 155 Å². The van der Waals surface area contributed by atoms with Crippen LogP contribution in [-0.4, -0.2) is 19.1 Å². The highest BCUT2D eigenvalue weighted by atomic mass is 35.5. The SMILES string of the molecule is Cl.Nc1ccccc1C(=O)NCCCOC1CCCc2ccccc21. The third kappa shape index (κ3) is 4.97. The number of nitrogens with two attached hydrogens (primary N) is 1. The van der Waals surface area contributed by atoms with Crippen molar-refractivity contribution in [2.75, 3.05) is 18.9 Å². The van der Waals surface area contributed by atoms with Gasteiger partial charge >= 0.3 is 0 Å². The van der Waals surface area contributed by atoms with Crippen LogP contribution in [-0.2, 0) is 11.2 Å². The van der Waals surface area contributed by atoms with Crippen LogP contribution >= 0.6 is 12.4 Å². The van der Waals surface area contributed by atoms with Crippen molar-refractivity contribution in [2.45, 2.75) is 31.8 Å². The first kappa shape index (κ1) is 19.3. The average Bonchev–Trinajstić information content (AvgIpc) is 2.62. The van der Waals surface area contributed by atoms with E-state index in [1.165, 1.54) is 17.5 Å². The Balaban J connectivity index is 0.00000225. The molecule has 25 heavy (non-hydrogen) atoms. The fraction of sp³-hybridized carbons (Fsp3) is 0.350. The molecule has 1 aliphatic carbocycles. The van der Waals surface area contributed by atoms with E-state index in [1.54, 1.807) is 12.1 Å². The van der Waals surface area contributed by atoms with Gasteiger partial charge in [0.05, 0.1) is 11.7 Å². The number of nitrogens with one attached hydrogen (secondary N) is 1. The Bertz CT molecular complexity index is 706. The summed E-state index contributed by atoms with van der Waals surface area (Å²) in [6.45, 7) is 1.23. The maximum absolute atomic E-state index is 12.1. The summed E-state index contributed by atoms with van der Waals surface area (Å²) in [6, 6.07) is 15.6. The van der Waals surface area contributed by atoms with E-state index in [-0.39, 0.29) is 24.4 Å². The molecule has 1 aliphatic rings. The average molecular weight is 361 g/mol. The number of anilines is 1. The predicted octanol–water partition coefficient (Wildman–Crippen LogP) is 3.90. The molecule has 0 spiro atoms. The second kappa shape index (κ2) is 9.44. The molecule has 0 bridgehead atoms. The summed E-state index contributed by atoms with van der Waals surface area (Å²) in [4.78, 5) is 12.1. The number of aryl methyl sites for hydroxylation is 1. The number of carbonyl (C=O) groups excluding carboxylic acids is 1. The van der Waals surface area contributed by atoms with Crippen molar-refractivity contribution in [3.05, 3.63) is 65.2 Å². The zero-order valence-electron chi connectivity index (χ0n) is 14.2. The number of halogens is 1. The number of para-hydroxylation sites is 1. The molecule has 4 nitrogen and oxygen atoms in total. The van der Waals surface area contributed by atoms with E-state index in [0.717, 1.165) is 19.3 Å². The summed E-state index contributed by atoms with van der Waals surface area (Å²) < 4.78 is 6.04. The van der Waals surface area contributed by atoms with Crippen LogP contribution in [0.15, 0.2) is 48.5 Å². The standard InChI is InChI=1S/C20H24N2O2.ClH/c21-18-11-4-3-10-17(18)20(23)22-13-6-14-24-19-12-5-8-15-7-1-2-9-16(15)19;/h1-4,7,9-11,19H,5-6,8,12-14,21H2,(H,22,23);1H. The lowest BCUT2D eigenvalue weighted by Crippen LogP contribution is -2.26. The molecule has 1 amide bonds. The van der Waals surface area contributed by atoms with Crippen LogP contribution in [0.25, 0.3) is 0 Å².